The van der Waals surface area contributed by atoms with Crippen LogP contribution in [-0.2, 0) is 16.0 Å². The van der Waals surface area contributed by atoms with Crippen LogP contribution in [0, 0.1) is 0 Å². The maximum absolute atomic E-state index is 11.7. The lowest BCUT2D eigenvalue weighted by atomic mass is 10.1. The zero-order chi connectivity index (χ0) is 14.3. The van der Waals surface area contributed by atoms with Gasteiger partial charge in [0.2, 0.25) is 5.91 Å². The fourth-order valence-corrected chi connectivity index (χ4v) is 1.78. The normalized spacial score (nSPS) is 13.8. The maximum atomic E-state index is 11.7. The van der Waals surface area contributed by atoms with Gasteiger partial charge in [-0.05, 0) is 6.42 Å². The van der Waals surface area contributed by atoms with E-state index >= 15 is 0 Å². The minimum Gasteiger partial charge on any atom is -0.480 e. The topological polar surface area (TPSA) is 121 Å². The summed E-state index contributed by atoms with van der Waals surface area (Å²) in [5, 5.41) is 11.6. The molecule has 0 spiro atoms. The Balaban J connectivity index is 2.49. The summed E-state index contributed by atoms with van der Waals surface area (Å²) >= 11 is 0. The lowest BCUT2D eigenvalue weighted by Crippen LogP contribution is -2.44. The molecule has 2 unspecified atom stereocenters. The molecule has 1 rings (SSSR count). The summed E-state index contributed by atoms with van der Waals surface area (Å²) in [5.74, 6) is -1.42. The molecule has 0 bridgehead atoms. The number of amides is 1. The van der Waals surface area contributed by atoms with Gasteiger partial charge in [0.25, 0.3) is 0 Å². The number of carboxylic acids is 1. The van der Waals surface area contributed by atoms with Gasteiger partial charge < -0.3 is 21.1 Å². The predicted molar refractivity (Wildman–Crippen MR) is 69.4 cm³/mol. The second-order valence-corrected chi connectivity index (χ2v) is 4.49. The molecule has 0 radical (unpaired) electrons. The zero-order valence-electron chi connectivity index (χ0n) is 10.9. The molecule has 0 saturated carbocycles. The molecule has 1 aromatic rings. The van der Waals surface area contributed by atoms with E-state index in [1.54, 1.807) is 0 Å². The van der Waals surface area contributed by atoms with E-state index < -0.39 is 12.0 Å². The number of H-pyrrole nitrogens is 1. The number of hydrogen-bond acceptors (Lipinski definition) is 4. The number of carbonyl (C=O) groups is 2. The van der Waals surface area contributed by atoms with Crippen LogP contribution < -0.4 is 11.1 Å². The van der Waals surface area contributed by atoms with Crippen molar-refractivity contribution >= 4 is 11.9 Å². The Bertz CT molecular complexity index is 405. The number of hydrogen-bond donors (Lipinski definition) is 4. The molecule has 1 aromatic heterocycles. The van der Waals surface area contributed by atoms with Crippen LogP contribution in [0.25, 0.3) is 0 Å². The third-order valence-corrected chi connectivity index (χ3v) is 2.72. The first-order chi connectivity index (χ1) is 9.02. The molecule has 0 fully saturated rings. The lowest BCUT2D eigenvalue weighted by Gasteiger charge is -2.15. The Hall–Kier alpha value is -1.89. The molecule has 106 valence electrons. The van der Waals surface area contributed by atoms with Crippen LogP contribution in [-0.4, -0.2) is 39.0 Å². The number of imidazole rings is 1. The molecule has 0 saturated heterocycles. The molecule has 1 amide bonds. The molecule has 2 atom stereocenters. The number of nitrogens with one attached hydrogen (secondary N) is 2. The summed E-state index contributed by atoms with van der Waals surface area (Å²) in [7, 11) is 0. The largest absolute Gasteiger partial charge is 0.480 e. The monoisotopic (exact) mass is 268 g/mol. The Labute approximate surface area is 111 Å². The molecule has 0 aliphatic carbocycles. The van der Waals surface area contributed by atoms with Crippen molar-refractivity contribution in [1.82, 2.24) is 15.3 Å². The molecular formula is C12H20N4O3. The average Bonchev–Trinajstić information content (AvgIpc) is 2.80. The first-order valence-corrected chi connectivity index (χ1v) is 6.28. The second kappa shape index (κ2) is 7.52. The number of aromatic amines is 1. The van der Waals surface area contributed by atoms with Gasteiger partial charge >= 0.3 is 5.97 Å². The molecule has 7 heteroatoms. The summed E-state index contributed by atoms with van der Waals surface area (Å²) in [4.78, 5) is 29.4. The molecule has 19 heavy (non-hydrogen) atoms. The number of aliphatic carboxylic acids is 1. The standard InChI is InChI=1S/C12H20N4O3/c1-2-3-8(13)4-11(17)16-10(12(18)19)5-9-6-14-7-15-9/h6-8,10H,2-5,13H2,1H3,(H,14,15)(H,16,17)(H,18,19). The summed E-state index contributed by atoms with van der Waals surface area (Å²) in [6, 6.07) is -1.20. The Kier molecular flexibility index (Phi) is 6.01. The number of aromatic nitrogens is 2. The van der Waals surface area contributed by atoms with E-state index in [4.69, 9.17) is 10.8 Å². The number of carbonyl (C=O) groups excluding carboxylic acids is 1. The highest BCUT2D eigenvalue weighted by Crippen LogP contribution is 2.02. The van der Waals surface area contributed by atoms with Crippen LogP contribution in [0.4, 0.5) is 0 Å². The fraction of sp³-hybridized carbons (Fsp3) is 0.583. The zero-order valence-corrected chi connectivity index (χ0v) is 10.9. The molecule has 0 aromatic carbocycles. The van der Waals surface area contributed by atoms with Crippen LogP contribution in [0.3, 0.4) is 0 Å². The van der Waals surface area contributed by atoms with E-state index in [0.29, 0.717) is 5.69 Å². The number of nitrogens with zero attached hydrogens (tertiary/aromatic N) is 1. The van der Waals surface area contributed by atoms with Crippen molar-refractivity contribution in [3.8, 4) is 0 Å². The van der Waals surface area contributed by atoms with Gasteiger partial charge in [-0.25, -0.2) is 9.78 Å². The first-order valence-electron chi connectivity index (χ1n) is 6.28. The Morgan fingerprint density at radius 1 is 1.58 bits per heavy atom. The van der Waals surface area contributed by atoms with Crippen molar-refractivity contribution in [3.05, 3.63) is 18.2 Å². The maximum Gasteiger partial charge on any atom is 0.326 e. The molecule has 7 nitrogen and oxygen atoms in total. The van der Waals surface area contributed by atoms with E-state index in [2.05, 4.69) is 15.3 Å². The summed E-state index contributed by atoms with van der Waals surface area (Å²) in [6.45, 7) is 1.98. The predicted octanol–water partition coefficient (Wildman–Crippen LogP) is 0.0391. The highest BCUT2D eigenvalue weighted by molar-refractivity contribution is 5.84. The van der Waals surface area contributed by atoms with Crippen LogP contribution in [0.1, 0.15) is 31.9 Å². The average molecular weight is 268 g/mol. The fourth-order valence-electron chi connectivity index (χ4n) is 1.78. The minimum atomic E-state index is -1.08. The Morgan fingerprint density at radius 3 is 2.84 bits per heavy atom. The molecule has 0 aliphatic heterocycles. The quantitative estimate of drug-likeness (QED) is 0.530. The van der Waals surface area contributed by atoms with Crippen molar-refractivity contribution in [2.24, 2.45) is 5.73 Å². The third-order valence-electron chi connectivity index (χ3n) is 2.72. The van der Waals surface area contributed by atoms with E-state index in [1.807, 2.05) is 6.92 Å². The number of nitrogens with two attached hydrogens (primary N) is 1. The van der Waals surface area contributed by atoms with Gasteiger partial charge in [0.15, 0.2) is 0 Å². The van der Waals surface area contributed by atoms with Gasteiger partial charge in [-0.1, -0.05) is 13.3 Å². The van der Waals surface area contributed by atoms with E-state index in [1.165, 1.54) is 12.5 Å². The Morgan fingerprint density at radius 2 is 2.32 bits per heavy atom. The highest BCUT2D eigenvalue weighted by Gasteiger charge is 2.21. The smallest absolute Gasteiger partial charge is 0.326 e. The van der Waals surface area contributed by atoms with Gasteiger partial charge in [0, 0.05) is 30.8 Å². The van der Waals surface area contributed by atoms with Crippen LogP contribution in [0.5, 0.6) is 0 Å². The number of rotatable bonds is 8. The van der Waals surface area contributed by atoms with Crippen LogP contribution >= 0.6 is 0 Å². The molecule has 5 N–H and O–H groups in total. The molecule has 0 aliphatic rings. The van der Waals surface area contributed by atoms with Crippen molar-refractivity contribution in [3.63, 3.8) is 0 Å². The minimum absolute atomic E-state index is 0.139. The van der Waals surface area contributed by atoms with Crippen LogP contribution in [0.2, 0.25) is 0 Å². The van der Waals surface area contributed by atoms with Crippen molar-refractivity contribution in [2.75, 3.05) is 0 Å². The summed E-state index contributed by atoms with van der Waals surface area (Å²) < 4.78 is 0. The van der Waals surface area contributed by atoms with Crippen molar-refractivity contribution in [1.29, 1.82) is 0 Å². The molecule has 1 heterocycles. The van der Waals surface area contributed by atoms with Crippen LogP contribution in [0.15, 0.2) is 12.5 Å². The van der Waals surface area contributed by atoms with Gasteiger partial charge in [0.1, 0.15) is 6.04 Å². The first kappa shape index (κ1) is 15.2. The van der Waals surface area contributed by atoms with Gasteiger partial charge in [0.05, 0.1) is 6.33 Å². The SMILES string of the molecule is CCCC(N)CC(=O)NC(Cc1cnc[nH]1)C(=O)O. The lowest BCUT2D eigenvalue weighted by molar-refractivity contribution is -0.141. The van der Waals surface area contributed by atoms with E-state index in [-0.39, 0.29) is 24.8 Å². The van der Waals surface area contributed by atoms with E-state index in [0.717, 1.165) is 12.8 Å². The van der Waals surface area contributed by atoms with Crippen molar-refractivity contribution < 1.29 is 14.7 Å². The van der Waals surface area contributed by atoms with Gasteiger partial charge in [-0.15, -0.1) is 0 Å². The summed E-state index contributed by atoms with van der Waals surface area (Å²) in [6.07, 6.45) is 4.94. The highest BCUT2D eigenvalue weighted by atomic mass is 16.4. The van der Waals surface area contributed by atoms with Gasteiger partial charge in [-0.2, -0.15) is 0 Å². The molecular weight excluding hydrogens is 248 g/mol. The second-order valence-electron chi connectivity index (χ2n) is 4.49. The number of carboxylic acid groups (broad SMARTS) is 1. The van der Waals surface area contributed by atoms with E-state index in [9.17, 15) is 9.59 Å². The third kappa shape index (κ3) is 5.52. The van der Waals surface area contributed by atoms with Crippen molar-refractivity contribution in [2.45, 2.75) is 44.7 Å². The summed E-state index contributed by atoms with van der Waals surface area (Å²) in [5.41, 5.74) is 6.41. The van der Waals surface area contributed by atoms with Gasteiger partial charge in [-0.3, -0.25) is 4.79 Å².